The number of nitrogens with one attached hydrogen (secondary N) is 2. The average molecular weight is 356 g/mol. The van der Waals surface area contributed by atoms with Crippen LogP contribution in [0.4, 0.5) is 11.4 Å². The molecule has 0 radical (unpaired) electrons. The number of carbonyl (C=O) groups is 1. The van der Waals surface area contributed by atoms with E-state index in [1.54, 1.807) is 37.7 Å². The van der Waals surface area contributed by atoms with E-state index < -0.39 is 0 Å². The van der Waals surface area contributed by atoms with Crippen LogP contribution in [0.25, 0.3) is 0 Å². The summed E-state index contributed by atoms with van der Waals surface area (Å²) >= 11 is 0. The quantitative estimate of drug-likeness (QED) is 0.791. The first-order valence-corrected chi connectivity index (χ1v) is 8.69. The number of amides is 1. The Kier molecular flexibility index (Phi) is 6.40. The van der Waals surface area contributed by atoms with Crippen molar-refractivity contribution in [3.63, 3.8) is 0 Å². The van der Waals surface area contributed by atoms with Crippen molar-refractivity contribution in [3.05, 3.63) is 48.3 Å². The highest BCUT2D eigenvalue weighted by molar-refractivity contribution is 6.05. The van der Waals surface area contributed by atoms with Crippen LogP contribution < -0.4 is 15.4 Å². The lowest BCUT2D eigenvalue weighted by atomic mass is 10.2. The third kappa shape index (κ3) is 4.93. The van der Waals surface area contributed by atoms with Crippen molar-refractivity contribution in [2.75, 3.05) is 57.1 Å². The molecule has 1 aliphatic heterocycles. The second-order valence-electron chi connectivity index (χ2n) is 6.00. The molecular formula is C19H24N4O3. The van der Waals surface area contributed by atoms with Crippen molar-refractivity contribution in [3.8, 4) is 5.75 Å². The van der Waals surface area contributed by atoms with Gasteiger partial charge < -0.3 is 20.1 Å². The Bertz CT molecular complexity index is 732. The molecule has 1 aromatic heterocycles. The predicted octanol–water partition coefficient (Wildman–Crippen LogP) is 2.09. The summed E-state index contributed by atoms with van der Waals surface area (Å²) < 4.78 is 10.6. The number of nitrogens with zero attached hydrogens (tertiary/aromatic N) is 2. The SMILES string of the molecule is COc1ccccc1NC(=O)c1cncc(NCCN2CCOCC2)c1. The number of hydrogen-bond acceptors (Lipinski definition) is 6. The molecule has 26 heavy (non-hydrogen) atoms. The smallest absolute Gasteiger partial charge is 0.257 e. The van der Waals surface area contributed by atoms with Crippen molar-refractivity contribution < 1.29 is 14.3 Å². The van der Waals surface area contributed by atoms with Gasteiger partial charge in [0.25, 0.3) is 5.91 Å². The maximum atomic E-state index is 12.5. The monoisotopic (exact) mass is 356 g/mol. The predicted molar refractivity (Wildman–Crippen MR) is 101 cm³/mol. The molecule has 1 aromatic carbocycles. The molecule has 1 aliphatic rings. The van der Waals surface area contributed by atoms with Gasteiger partial charge in [-0.3, -0.25) is 14.7 Å². The van der Waals surface area contributed by atoms with Gasteiger partial charge in [0.05, 0.1) is 37.3 Å². The summed E-state index contributed by atoms with van der Waals surface area (Å²) in [6, 6.07) is 9.11. The largest absolute Gasteiger partial charge is 0.495 e. The fourth-order valence-corrected chi connectivity index (χ4v) is 2.79. The molecule has 0 unspecified atom stereocenters. The van der Waals surface area contributed by atoms with Gasteiger partial charge >= 0.3 is 0 Å². The zero-order chi connectivity index (χ0) is 18.2. The number of benzene rings is 1. The highest BCUT2D eigenvalue weighted by atomic mass is 16.5. The van der Waals surface area contributed by atoms with Gasteiger partial charge in [0, 0.05) is 38.6 Å². The van der Waals surface area contributed by atoms with E-state index in [-0.39, 0.29) is 5.91 Å². The Hall–Kier alpha value is -2.64. The third-order valence-electron chi connectivity index (χ3n) is 4.22. The molecule has 138 valence electrons. The summed E-state index contributed by atoms with van der Waals surface area (Å²) in [5.74, 6) is 0.396. The van der Waals surface area contributed by atoms with E-state index in [1.165, 1.54) is 0 Å². The summed E-state index contributed by atoms with van der Waals surface area (Å²) in [5, 5.41) is 6.18. The highest BCUT2D eigenvalue weighted by Gasteiger charge is 2.11. The lowest BCUT2D eigenvalue weighted by molar-refractivity contribution is 0.0398. The summed E-state index contributed by atoms with van der Waals surface area (Å²) in [6.45, 7) is 5.23. The zero-order valence-electron chi connectivity index (χ0n) is 14.9. The number of pyridine rings is 1. The zero-order valence-corrected chi connectivity index (χ0v) is 14.9. The number of ether oxygens (including phenoxy) is 2. The lowest BCUT2D eigenvalue weighted by Gasteiger charge is -2.26. The van der Waals surface area contributed by atoms with Crippen molar-refractivity contribution in [2.24, 2.45) is 0 Å². The van der Waals surface area contributed by atoms with Crippen LogP contribution in [-0.2, 0) is 4.74 Å². The first-order valence-electron chi connectivity index (χ1n) is 8.69. The number of carbonyl (C=O) groups excluding carboxylic acids is 1. The summed E-state index contributed by atoms with van der Waals surface area (Å²) in [6.07, 6.45) is 3.27. The van der Waals surface area contributed by atoms with Crippen molar-refractivity contribution in [1.29, 1.82) is 0 Å². The fraction of sp³-hybridized carbons (Fsp3) is 0.368. The van der Waals surface area contributed by atoms with Gasteiger partial charge in [-0.05, 0) is 18.2 Å². The standard InChI is InChI=1S/C19H24N4O3/c1-25-18-5-3-2-4-17(18)22-19(24)15-12-16(14-20-13-15)21-6-7-23-8-10-26-11-9-23/h2-5,12-14,21H,6-11H2,1H3,(H,22,24). The fourth-order valence-electron chi connectivity index (χ4n) is 2.79. The van der Waals surface area contributed by atoms with Gasteiger partial charge in [-0.2, -0.15) is 0 Å². The van der Waals surface area contributed by atoms with Crippen LogP contribution >= 0.6 is 0 Å². The molecule has 0 spiro atoms. The Morgan fingerprint density at radius 3 is 2.88 bits per heavy atom. The normalized spacial score (nSPS) is 14.7. The maximum Gasteiger partial charge on any atom is 0.257 e. The van der Waals surface area contributed by atoms with Crippen LogP contribution in [0.15, 0.2) is 42.7 Å². The van der Waals surface area contributed by atoms with E-state index >= 15 is 0 Å². The number of methoxy groups -OCH3 is 1. The second kappa shape index (κ2) is 9.17. The Labute approximate surface area is 153 Å². The minimum atomic E-state index is -0.223. The van der Waals surface area contributed by atoms with Crippen LogP contribution in [0.3, 0.4) is 0 Å². The molecule has 1 fully saturated rings. The van der Waals surface area contributed by atoms with E-state index in [4.69, 9.17) is 9.47 Å². The van der Waals surface area contributed by atoms with Crippen LogP contribution in [0.5, 0.6) is 5.75 Å². The number of aromatic nitrogens is 1. The number of hydrogen-bond donors (Lipinski definition) is 2. The van der Waals surface area contributed by atoms with Crippen LogP contribution in [0, 0.1) is 0 Å². The van der Waals surface area contributed by atoms with E-state index in [0.29, 0.717) is 17.0 Å². The molecule has 2 aromatic rings. The minimum Gasteiger partial charge on any atom is -0.495 e. The molecule has 7 nitrogen and oxygen atoms in total. The molecule has 0 aliphatic carbocycles. The third-order valence-corrected chi connectivity index (χ3v) is 4.22. The molecule has 0 atom stereocenters. The summed E-state index contributed by atoms with van der Waals surface area (Å²) in [5.41, 5.74) is 1.95. The number of anilines is 2. The molecule has 7 heteroatoms. The van der Waals surface area contributed by atoms with Gasteiger partial charge in [0.1, 0.15) is 5.75 Å². The van der Waals surface area contributed by atoms with Gasteiger partial charge in [-0.25, -0.2) is 0 Å². The molecular weight excluding hydrogens is 332 g/mol. The van der Waals surface area contributed by atoms with Crippen LogP contribution in [0.2, 0.25) is 0 Å². The van der Waals surface area contributed by atoms with Crippen LogP contribution in [-0.4, -0.2) is 62.3 Å². The topological polar surface area (TPSA) is 75.7 Å². The first kappa shape index (κ1) is 18.2. The number of morpholine rings is 1. The van der Waals surface area contributed by atoms with Crippen molar-refractivity contribution >= 4 is 17.3 Å². The Balaban J connectivity index is 1.56. The molecule has 0 saturated carbocycles. The van der Waals surface area contributed by atoms with Gasteiger partial charge in [0.15, 0.2) is 0 Å². The van der Waals surface area contributed by atoms with E-state index in [9.17, 15) is 4.79 Å². The van der Waals surface area contributed by atoms with E-state index in [1.807, 2.05) is 12.1 Å². The van der Waals surface area contributed by atoms with Crippen molar-refractivity contribution in [2.45, 2.75) is 0 Å². The molecule has 2 heterocycles. The summed E-state index contributed by atoms with van der Waals surface area (Å²) in [4.78, 5) is 19.0. The first-order chi connectivity index (χ1) is 12.8. The Morgan fingerprint density at radius 2 is 2.08 bits per heavy atom. The molecule has 1 saturated heterocycles. The second-order valence-corrected chi connectivity index (χ2v) is 6.00. The average Bonchev–Trinajstić information content (AvgIpc) is 2.69. The van der Waals surface area contributed by atoms with Gasteiger partial charge in [0.2, 0.25) is 0 Å². The van der Waals surface area contributed by atoms with Crippen molar-refractivity contribution in [1.82, 2.24) is 9.88 Å². The number of para-hydroxylation sites is 2. The molecule has 3 rings (SSSR count). The maximum absolute atomic E-state index is 12.5. The highest BCUT2D eigenvalue weighted by Crippen LogP contribution is 2.23. The number of rotatable bonds is 7. The Morgan fingerprint density at radius 1 is 1.27 bits per heavy atom. The molecule has 1 amide bonds. The van der Waals surface area contributed by atoms with Crippen LogP contribution in [0.1, 0.15) is 10.4 Å². The molecule has 2 N–H and O–H groups in total. The van der Waals surface area contributed by atoms with Gasteiger partial charge in [-0.1, -0.05) is 12.1 Å². The van der Waals surface area contributed by atoms with Gasteiger partial charge in [-0.15, -0.1) is 0 Å². The van der Waals surface area contributed by atoms with E-state index in [2.05, 4.69) is 20.5 Å². The summed E-state index contributed by atoms with van der Waals surface area (Å²) in [7, 11) is 1.57. The lowest BCUT2D eigenvalue weighted by Crippen LogP contribution is -2.39. The molecule has 0 bridgehead atoms. The minimum absolute atomic E-state index is 0.223. The van der Waals surface area contributed by atoms with E-state index in [0.717, 1.165) is 45.1 Å².